The van der Waals surface area contributed by atoms with Crippen molar-refractivity contribution < 1.29 is 43.0 Å². The van der Waals surface area contributed by atoms with Gasteiger partial charge in [0.25, 0.3) is 6.33 Å². The predicted octanol–water partition coefficient (Wildman–Crippen LogP) is 19.3. The second-order valence-electron chi connectivity index (χ2n) is 23.6. The molecule has 7 heteroatoms. The van der Waals surface area contributed by atoms with Crippen LogP contribution in [0.2, 0.25) is 0 Å². The molecule has 14 aromatic rings. The van der Waals surface area contributed by atoms with Gasteiger partial charge in [0.05, 0.1) is 16.7 Å². The summed E-state index contributed by atoms with van der Waals surface area (Å²) >= 11 is 0. The standard InChI is InChI=1S/C76H58N4O2.Pt/c1-46-19-17-20-47(2)72(46)50-39-63-57-25-11-9-23-55(57)56-24-10-12-26-58(56)64-38-49(48-31-34-70-62(37-48)61-28-14-16-30-69(61)82-70)41-68-74(64)79(73(63)65(40-50)76(6,7)8)45-78(68)52-21-18-22-53(43-52)81-54-32-33-60-59-27-13-15-29-66(59)80(67(60)44-54)71-42-51(35-36-77-71)75(3,4)5;/h9-42H,1-8H3;/q-2;/i1D3,2D3;. The van der Waals surface area contributed by atoms with Crippen LogP contribution in [0.4, 0.5) is 0 Å². The minimum atomic E-state index is -2.63. The fraction of sp³-hybridized carbons (Fsp3) is 0.132. The fourth-order valence-corrected chi connectivity index (χ4v) is 12.3. The number of aromatic nitrogens is 4. The smallest absolute Gasteiger partial charge is 0.268 e. The van der Waals surface area contributed by atoms with Gasteiger partial charge in [0.1, 0.15) is 17.0 Å². The zero-order valence-electron chi connectivity index (χ0n) is 52.6. The monoisotopic (exact) mass is 1260 g/mol. The first kappa shape index (κ1) is 45.5. The maximum atomic E-state index is 8.82. The Morgan fingerprint density at radius 3 is 1.93 bits per heavy atom. The third-order valence-electron chi connectivity index (χ3n) is 16.3. The number of aryl methyl sites for hydroxylation is 2. The van der Waals surface area contributed by atoms with Crippen LogP contribution < -0.4 is 9.30 Å². The number of para-hydroxylation sites is 2. The van der Waals surface area contributed by atoms with Crippen LogP contribution >= 0.6 is 0 Å². The van der Waals surface area contributed by atoms with Crippen LogP contribution in [0.1, 0.15) is 72.0 Å². The molecule has 4 aromatic heterocycles. The van der Waals surface area contributed by atoms with Crippen LogP contribution in [0.15, 0.2) is 211 Å². The number of furan rings is 1. The summed E-state index contributed by atoms with van der Waals surface area (Å²) in [5.41, 5.74) is 15.9. The summed E-state index contributed by atoms with van der Waals surface area (Å²) in [5, 5.41) is 4.13. The van der Waals surface area contributed by atoms with Crippen LogP contribution in [0.5, 0.6) is 11.5 Å². The zero-order valence-corrected chi connectivity index (χ0v) is 48.8. The van der Waals surface area contributed by atoms with E-state index in [2.05, 4.69) is 177 Å². The summed E-state index contributed by atoms with van der Waals surface area (Å²) in [6.07, 6.45) is 5.81. The first-order chi connectivity index (χ1) is 42.2. The third kappa shape index (κ3) is 8.56. The first-order valence-electron chi connectivity index (χ1n) is 30.8. The number of pyridine rings is 1. The average molecular weight is 1260 g/mol. The number of benzene rings is 10. The van der Waals surface area contributed by atoms with Crippen LogP contribution in [0.25, 0.3) is 128 Å². The van der Waals surface area contributed by atoms with Gasteiger partial charge in [-0.15, -0.1) is 29.7 Å². The van der Waals surface area contributed by atoms with Gasteiger partial charge in [0.15, 0.2) is 0 Å². The first-order valence-corrected chi connectivity index (χ1v) is 27.8. The van der Waals surface area contributed by atoms with Crippen molar-refractivity contribution in [2.45, 2.75) is 66.1 Å². The number of rotatable bonds is 6. The minimum absolute atomic E-state index is 0. The Bertz CT molecular complexity index is 5180. The molecule has 10 aromatic carbocycles. The Morgan fingerprint density at radius 2 is 1.18 bits per heavy atom. The van der Waals surface area contributed by atoms with E-state index in [4.69, 9.17) is 22.4 Å². The summed E-state index contributed by atoms with van der Waals surface area (Å²) < 4.78 is 72.5. The van der Waals surface area contributed by atoms with Crippen LogP contribution in [0, 0.1) is 32.2 Å². The van der Waals surface area contributed by atoms with E-state index in [9.17, 15) is 0 Å². The molecule has 1 aliphatic rings. The summed E-state index contributed by atoms with van der Waals surface area (Å²) in [4.78, 5) is 4.91. The second kappa shape index (κ2) is 19.5. The van der Waals surface area contributed by atoms with Crippen LogP contribution in [-0.4, -0.2) is 14.1 Å². The van der Waals surface area contributed by atoms with Crippen molar-refractivity contribution >= 4 is 54.8 Å². The number of ether oxygens (including phenoxy) is 1. The Morgan fingerprint density at radius 1 is 0.518 bits per heavy atom. The van der Waals surface area contributed by atoms with Gasteiger partial charge in [0, 0.05) is 63.3 Å². The summed E-state index contributed by atoms with van der Waals surface area (Å²) in [5.74, 6) is 1.75. The van der Waals surface area contributed by atoms with Gasteiger partial charge < -0.3 is 18.3 Å². The molecular weight excluding hydrogens is 1200 g/mol. The van der Waals surface area contributed by atoms with E-state index in [1.165, 1.54) is 23.8 Å². The van der Waals surface area contributed by atoms with Gasteiger partial charge in [-0.25, -0.2) is 4.98 Å². The van der Waals surface area contributed by atoms with Crippen molar-refractivity contribution in [1.29, 1.82) is 0 Å². The van der Waals surface area contributed by atoms with Gasteiger partial charge in [-0.05, 0) is 162 Å². The van der Waals surface area contributed by atoms with Crippen LogP contribution in [0.3, 0.4) is 0 Å². The maximum absolute atomic E-state index is 8.82. The van der Waals surface area contributed by atoms with E-state index in [0.717, 1.165) is 116 Å². The molecule has 0 N–H and O–H groups in total. The largest absolute Gasteiger partial charge is 0.510 e. The number of imidazole rings is 1. The number of fused-ring (bicyclic) bond motifs is 13. The molecule has 5 heterocycles. The second-order valence-corrected chi connectivity index (χ2v) is 23.6. The molecule has 0 amide bonds. The molecule has 6 nitrogen and oxygen atoms in total. The van der Waals surface area contributed by atoms with E-state index in [0.29, 0.717) is 22.7 Å². The summed E-state index contributed by atoms with van der Waals surface area (Å²) in [6.45, 7) is 7.75. The minimum Gasteiger partial charge on any atom is -0.510 e. The molecule has 15 rings (SSSR count). The molecule has 0 saturated heterocycles. The molecule has 0 radical (unpaired) electrons. The molecule has 0 atom stereocenters. The van der Waals surface area contributed by atoms with Crippen molar-refractivity contribution in [2.75, 3.05) is 0 Å². The molecule has 0 unspecified atom stereocenters. The average Bonchev–Trinajstić information content (AvgIpc) is 1.76. The van der Waals surface area contributed by atoms with Crippen molar-refractivity contribution in [1.82, 2.24) is 14.1 Å². The normalized spacial score (nSPS) is 13.6. The van der Waals surface area contributed by atoms with Gasteiger partial charge in [0.2, 0.25) is 0 Å². The van der Waals surface area contributed by atoms with E-state index in [1.807, 2.05) is 85.1 Å². The molecule has 0 bridgehead atoms. The maximum Gasteiger partial charge on any atom is 0.268 e. The van der Waals surface area contributed by atoms with E-state index in [-0.39, 0.29) is 43.2 Å². The van der Waals surface area contributed by atoms with E-state index < -0.39 is 19.1 Å². The van der Waals surface area contributed by atoms with E-state index in [1.54, 1.807) is 0 Å². The number of hydrogen-bond acceptors (Lipinski definition) is 3. The SMILES string of the molecule is [2H]C([2H])([2H])c1cccc(C([2H])([2H])[2H])c1-c1cc2c(c(C(C)(C)C)c1)-[n+]1[c-]n(-c3[c-]c(Oc4[c-]c5c(cc4)c4ccccc4n5-c4cc(C(C)(C)C)ccn4)ccc3)c3cc(-c4ccc5oc6ccccc6c5c4)cc(c31)-c1ccccc1-c1ccccc1-2.[Pt]. The summed E-state index contributed by atoms with van der Waals surface area (Å²) in [7, 11) is 0. The Hall–Kier alpha value is -9.09. The Kier molecular flexibility index (Phi) is 10.7. The molecule has 83 heavy (non-hydrogen) atoms. The molecule has 1 aliphatic heterocycles. The van der Waals surface area contributed by atoms with Gasteiger partial charge in [-0.3, -0.25) is 4.57 Å². The van der Waals surface area contributed by atoms with E-state index >= 15 is 0 Å². The van der Waals surface area contributed by atoms with Gasteiger partial charge in [-0.1, -0.05) is 168 Å². The molecule has 0 fully saturated rings. The predicted molar refractivity (Wildman–Crippen MR) is 335 cm³/mol. The van der Waals surface area contributed by atoms with Crippen molar-refractivity contribution in [3.8, 4) is 84.3 Å². The molecule has 0 spiro atoms. The van der Waals surface area contributed by atoms with Crippen molar-refractivity contribution in [2.24, 2.45) is 0 Å². The van der Waals surface area contributed by atoms with Gasteiger partial charge >= 0.3 is 0 Å². The summed E-state index contributed by atoms with van der Waals surface area (Å²) in [6, 6.07) is 74.1. The quantitative estimate of drug-likeness (QED) is 0.123. The molecule has 0 aliphatic carbocycles. The Balaban J connectivity index is 0.00000694. The molecule has 0 saturated carbocycles. The van der Waals surface area contributed by atoms with Crippen molar-refractivity contribution in [3.05, 3.63) is 247 Å². The molecule has 406 valence electrons. The van der Waals surface area contributed by atoms with Crippen LogP contribution in [-0.2, 0) is 31.9 Å². The zero-order chi connectivity index (χ0) is 60.8. The number of nitrogens with zero attached hydrogens (tertiary/aromatic N) is 4. The van der Waals surface area contributed by atoms with Gasteiger partial charge in [-0.2, -0.15) is 18.2 Å². The Labute approximate surface area is 506 Å². The fourth-order valence-electron chi connectivity index (χ4n) is 12.3. The molecular formula is C76H58N4O2Pt-2. The van der Waals surface area contributed by atoms with Crippen molar-refractivity contribution in [3.63, 3.8) is 0 Å². The topological polar surface area (TPSA) is 49.0 Å². The third-order valence-corrected chi connectivity index (χ3v) is 16.3. The number of hydrogen-bond donors (Lipinski definition) is 0.